The lowest BCUT2D eigenvalue weighted by Crippen LogP contribution is -2.59. The highest BCUT2D eigenvalue weighted by Crippen LogP contribution is 2.22. The normalized spacial score (nSPS) is 24.1. The molecule has 0 saturated carbocycles. The van der Waals surface area contributed by atoms with Crippen molar-refractivity contribution in [2.75, 3.05) is 13.2 Å². The minimum atomic E-state index is -1.37. The van der Waals surface area contributed by atoms with Crippen molar-refractivity contribution in [2.45, 2.75) is 185 Å². The molecule has 37 heavy (non-hydrogen) atoms. The second kappa shape index (κ2) is 24.8. The second-order valence-corrected chi connectivity index (χ2v) is 11.3. The lowest BCUT2D eigenvalue weighted by molar-refractivity contribution is -0.301. The van der Waals surface area contributed by atoms with Gasteiger partial charge in [0.25, 0.3) is 0 Å². The van der Waals surface area contributed by atoms with E-state index in [1.807, 2.05) is 0 Å². The number of ether oxygens (including phenoxy) is 2. The molecule has 0 bridgehead atoms. The molecule has 5 atom stereocenters. The van der Waals surface area contributed by atoms with Gasteiger partial charge in [-0.2, -0.15) is 0 Å². The first kappa shape index (κ1) is 34.8. The van der Waals surface area contributed by atoms with E-state index >= 15 is 0 Å². The Morgan fingerprint density at radius 2 is 0.838 bits per heavy atom. The van der Waals surface area contributed by atoms with Gasteiger partial charge in [0, 0.05) is 6.61 Å². The molecule has 0 unspecified atom stereocenters. The smallest absolute Gasteiger partial charge is 0.186 e. The summed E-state index contributed by atoms with van der Waals surface area (Å²) in [6, 6.07) is 0. The summed E-state index contributed by atoms with van der Waals surface area (Å²) in [6.07, 6.45) is 25.2. The summed E-state index contributed by atoms with van der Waals surface area (Å²) < 4.78 is 10.9. The molecular weight excluding hydrogens is 468 g/mol. The van der Waals surface area contributed by atoms with Crippen molar-refractivity contribution in [2.24, 2.45) is 0 Å². The highest BCUT2D eigenvalue weighted by Gasteiger charge is 2.43. The number of unbranched alkanes of at least 4 members (excludes halogenated alkanes) is 22. The van der Waals surface area contributed by atoms with Crippen molar-refractivity contribution in [3.63, 3.8) is 0 Å². The van der Waals surface area contributed by atoms with Crippen LogP contribution in [-0.2, 0) is 9.47 Å². The minimum absolute atomic E-state index is 0.426. The third-order valence-electron chi connectivity index (χ3n) is 7.88. The summed E-state index contributed by atoms with van der Waals surface area (Å²) in [5, 5.41) is 38.7. The van der Waals surface area contributed by atoms with Crippen molar-refractivity contribution in [1.82, 2.24) is 0 Å². The average molecular weight is 531 g/mol. The van der Waals surface area contributed by atoms with E-state index in [4.69, 9.17) is 9.47 Å². The van der Waals surface area contributed by atoms with E-state index in [2.05, 4.69) is 6.92 Å². The summed E-state index contributed by atoms with van der Waals surface area (Å²) in [5.74, 6) is 0. The van der Waals surface area contributed by atoms with Gasteiger partial charge in [-0.3, -0.25) is 0 Å². The van der Waals surface area contributed by atoms with Gasteiger partial charge in [-0.05, 0) is 6.42 Å². The topological polar surface area (TPSA) is 99.4 Å². The molecule has 0 aromatic heterocycles. The van der Waals surface area contributed by atoms with Crippen LogP contribution in [0.3, 0.4) is 0 Å². The van der Waals surface area contributed by atoms with Crippen LogP contribution in [0.2, 0.25) is 0 Å². The maximum atomic E-state index is 9.96. The molecule has 1 fully saturated rings. The molecule has 0 aliphatic carbocycles. The van der Waals surface area contributed by atoms with Crippen LogP contribution in [0.4, 0.5) is 0 Å². The fourth-order valence-corrected chi connectivity index (χ4v) is 5.29. The van der Waals surface area contributed by atoms with Crippen molar-refractivity contribution in [1.29, 1.82) is 0 Å². The van der Waals surface area contributed by atoms with E-state index in [9.17, 15) is 20.4 Å². The fraction of sp³-hybridized carbons (Fsp3) is 1.00. The highest BCUT2D eigenvalue weighted by molar-refractivity contribution is 4.88. The van der Waals surface area contributed by atoms with Gasteiger partial charge in [0.2, 0.25) is 0 Å². The Labute approximate surface area is 228 Å². The molecule has 0 amide bonds. The second-order valence-electron chi connectivity index (χ2n) is 11.3. The zero-order valence-corrected chi connectivity index (χ0v) is 24.2. The Morgan fingerprint density at radius 3 is 1.19 bits per heavy atom. The van der Waals surface area contributed by atoms with Gasteiger partial charge in [0.05, 0.1) is 6.61 Å². The fourth-order valence-electron chi connectivity index (χ4n) is 5.29. The molecule has 1 aliphatic rings. The predicted molar refractivity (Wildman–Crippen MR) is 152 cm³/mol. The molecule has 1 heterocycles. The van der Waals surface area contributed by atoms with Gasteiger partial charge < -0.3 is 29.9 Å². The van der Waals surface area contributed by atoms with E-state index in [1.165, 1.54) is 135 Å². The average Bonchev–Trinajstić information content (AvgIpc) is 2.91. The van der Waals surface area contributed by atoms with Crippen LogP contribution in [-0.4, -0.2) is 64.3 Å². The third kappa shape index (κ3) is 17.9. The molecule has 1 aliphatic heterocycles. The van der Waals surface area contributed by atoms with Crippen LogP contribution < -0.4 is 0 Å². The molecule has 0 aromatic carbocycles. The van der Waals surface area contributed by atoms with Crippen molar-refractivity contribution < 1.29 is 29.9 Å². The van der Waals surface area contributed by atoms with Gasteiger partial charge in [-0.25, -0.2) is 0 Å². The first-order chi connectivity index (χ1) is 18.1. The molecule has 6 nitrogen and oxygen atoms in total. The Balaban J connectivity index is 1.75. The van der Waals surface area contributed by atoms with E-state index in [-0.39, 0.29) is 0 Å². The maximum absolute atomic E-state index is 9.96. The predicted octanol–water partition coefficient (Wildman–Crippen LogP) is 6.80. The Hall–Kier alpha value is -0.240. The molecule has 1 rings (SSSR count). The van der Waals surface area contributed by atoms with Gasteiger partial charge in [-0.15, -0.1) is 0 Å². The lowest BCUT2D eigenvalue weighted by Gasteiger charge is -2.39. The van der Waals surface area contributed by atoms with Crippen molar-refractivity contribution in [3.8, 4) is 0 Å². The molecule has 6 heteroatoms. The van der Waals surface area contributed by atoms with E-state index in [0.717, 1.165) is 12.8 Å². The molecular formula is C31H62O6. The Morgan fingerprint density at radius 1 is 0.486 bits per heavy atom. The van der Waals surface area contributed by atoms with Crippen LogP contribution in [0.5, 0.6) is 0 Å². The zero-order valence-electron chi connectivity index (χ0n) is 24.2. The first-order valence-electron chi connectivity index (χ1n) is 16.0. The number of rotatable bonds is 26. The van der Waals surface area contributed by atoms with Gasteiger partial charge in [0.1, 0.15) is 24.4 Å². The summed E-state index contributed by atoms with van der Waals surface area (Å²) >= 11 is 0. The van der Waals surface area contributed by atoms with Crippen LogP contribution in [0.15, 0.2) is 0 Å². The van der Waals surface area contributed by atoms with E-state index in [0.29, 0.717) is 6.61 Å². The largest absolute Gasteiger partial charge is 0.394 e. The third-order valence-corrected chi connectivity index (χ3v) is 7.88. The zero-order chi connectivity index (χ0) is 27.0. The quantitative estimate of drug-likeness (QED) is 0.0919. The van der Waals surface area contributed by atoms with Crippen LogP contribution in [0.1, 0.15) is 155 Å². The maximum Gasteiger partial charge on any atom is 0.186 e. The molecule has 222 valence electrons. The van der Waals surface area contributed by atoms with Gasteiger partial charge in [-0.1, -0.05) is 148 Å². The van der Waals surface area contributed by atoms with Crippen LogP contribution in [0.25, 0.3) is 0 Å². The highest BCUT2D eigenvalue weighted by atomic mass is 16.7. The summed E-state index contributed by atoms with van der Waals surface area (Å²) in [4.78, 5) is 0. The standard InChI is InChI=1S/C31H62O6/c1-2-3-4-5-6-7-8-9-10-11-12-13-14-15-16-17-18-19-20-21-22-23-24-25-36-31-30(35)29(34)28(33)27(26-32)37-31/h27-35H,2-26H2,1H3/t27-,28-,29+,30-,31-/m1/s1. The summed E-state index contributed by atoms with van der Waals surface area (Å²) in [5.41, 5.74) is 0. The monoisotopic (exact) mass is 530 g/mol. The van der Waals surface area contributed by atoms with Crippen molar-refractivity contribution in [3.05, 3.63) is 0 Å². The molecule has 0 spiro atoms. The summed E-state index contributed by atoms with van der Waals surface area (Å²) in [6.45, 7) is 2.29. The molecule has 0 radical (unpaired) electrons. The number of hydrogen-bond donors (Lipinski definition) is 4. The molecule has 0 aromatic rings. The van der Waals surface area contributed by atoms with Gasteiger partial charge >= 0.3 is 0 Å². The minimum Gasteiger partial charge on any atom is -0.394 e. The molecule has 4 N–H and O–H groups in total. The van der Waals surface area contributed by atoms with Gasteiger partial charge in [0.15, 0.2) is 6.29 Å². The van der Waals surface area contributed by atoms with Crippen LogP contribution in [0, 0.1) is 0 Å². The van der Waals surface area contributed by atoms with E-state index < -0.39 is 37.3 Å². The van der Waals surface area contributed by atoms with Crippen molar-refractivity contribution >= 4 is 0 Å². The SMILES string of the molecule is CCCCCCCCCCCCCCCCCCCCCCCCCO[C@@H]1O[C@H](CO)[C@@H](O)[C@H](O)[C@H]1O. The molecule has 1 saturated heterocycles. The summed E-state index contributed by atoms with van der Waals surface area (Å²) in [7, 11) is 0. The number of aliphatic hydroxyl groups excluding tert-OH is 4. The number of aliphatic hydroxyl groups is 4. The lowest BCUT2D eigenvalue weighted by atomic mass is 9.99. The Kier molecular flexibility index (Phi) is 23.3. The Bertz CT molecular complexity index is 475. The number of hydrogen-bond acceptors (Lipinski definition) is 6. The van der Waals surface area contributed by atoms with Crippen LogP contribution >= 0.6 is 0 Å². The van der Waals surface area contributed by atoms with E-state index in [1.54, 1.807) is 0 Å². The first-order valence-corrected chi connectivity index (χ1v) is 16.0.